The fraction of sp³-hybridized carbons (Fsp3) is 0.250. The zero-order chi connectivity index (χ0) is 23.8. The molecule has 0 unspecified atom stereocenters. The Balaban J connectivity index is 1.39. The first-order chi connectivity index (χ1) is 16.7. The molecule has 0 bridgehead atoms. The molecule has 6 heteroatoms. The minimum absolute atomic E-state index is 0.0198. The van der Waals surface area contributed by atoms with Gasteiger partial charge in [0.25, 0.3) is 0 Å². The Morgan fingerprint density at radius 2 is 1.62 bits per heavy atom. The molecule has 0 radical (unpaired) electrons. The summed E-state index contributed by atoms with van der Waals surface area (Å²) in [5.74, 6) is 1.62. The molecule has 0 saturated carbocycles. The Bertz CT molecular complexity index is 1210. The molecule has 0 saturated heterocycles. The Kier molecular flexibility index (Phi) is 7.83. The average Bonchev–Trinajstić information content (AvgIpc) is 3.25. The van der Waals surface area contributed by atoms with Crippen molar-refractivity contribution >= 4 is 16.8 Å². The third-order valence-corrected chi connectivity index (χ3v) is 5.76. The van der Waals surface area contributed by atoms with Crippen LogP contribution in [0.25, 0.3) is 22.2 Å². The van der Waals surface area contributed by atoms with Gasteiger partial charge in [-0.3, -0.25) is 4.79 Å². The number of hydrogen-bond acceptors (Lipinski definition) is 4. The maximum atomic E-state index is 12.6. The van der Waals surface area contributed by atoms with Gasteiger partial charge in [-0.1, -0.05) is 30.3 Å². The van der Waals surface area contributed by atoms with Crippen LogP contribution >= 0.6 is 0 Å². The number of ether oxygens (including phenoxy) is 3. The lowest BCUT2D eigenvalue weighted by atomic mass is 10.0. The zero-order valence-corrected chi connectivity index (χ0v) is 19.6. The molecule has 0 fully saturated rings. The van der Waals surface area contributed by atoms with E-state index in [4.69, 9.17) is 14.2 Å². The molecule has 0 aliphatic rings. The molecule has 1 aromatic heterocycles. The lowest BCUT2D eigenvalue weighted by Crippen LogP contribution is -2.23. The number of aromatic amines is 1. The highest BCUT2D eigenvalue weighted by atomic mass is 16.5. The lowest BCUT2D eigenvalue weighted by Gasteiger charge is -2.09. The van der Waals surface area contributed by atoms with E-state index < -0.39 is 0 Å². The normalized spacial score (nSPS) is 10.9. The van der Waals surface area contributed by atoms with Crippen LogP contribution in [0.4, 0.5) is 0 Å². The quantitative estimate of drug-likeness (QED) is 0.306. The summed E-state index contributed by atoms with van der Waals surface area (Å²) in [5.41, 5.74) is 5.35. The molecule has 0 aliphatic carbocycles. The van der Waals surface area contributed by atoms with Crippen LogP contribution in [-0.4, -0.2) is 38.3 Å². The van der Waals surface area contributed by atoms with E-state index in [-0.39, 0.29) is 5.91 Å². The predicted octanol–water partition coefficient (Wildman–Crippen LogP) is 5.12. The van der Waals surface area contributed by atoms with Gasteiger partial charge in [-0.05, 0) is 65.6 Å². The third-order valence-electron chi connectivity index (χ3n) is 5.76. The van der Waals surface area contributed by atoms with Crippen molar-refractivity contribution < 1.29 is 19.0 Å². The number of amides is 1. The van der Waals surface area contributed by atoms with Gasteiger partial charge in [0.2, 0.25) is 5.91 Å². The molecule has 34 heavy (non-hydrogen) atoms. The van der Waals surface area contributed by atoms with Crippen LogP contribution in [0.15, 0.2) is 72.8 Å². The summed E-state index contributed by atoms with van der Waals surface area (Å²) in [4.78, 5) is 16.2. The topological polar surface area (TPSA) is 72.6 Å². The van der Waals surface area contributed by atoms with Crippen molar-refractivity contribution in [1.82, 2.24) is 10.3 Å². The predicted molar refractivity (Wildman–Crippen MR) is 134 cm³/mol. The van der Waals surface area contributed by atoms with Crippen LogP contribution in [-0.2, 0) is 22.5 Å². The molecule has 0 aliphatic heterocycles. The molecule has 0 spiro atoms. The number of aromatic nitrogens is 1. The summed E-state index contributed by atoms with van der Waals surface area (Å²) in [7, 11) is 3.31. The Hall–Kier alpha value is -3.77. The molecule has 2 N–H and O–H groups in total. The number of para-hydroxylation sites is 1. The molecular formula is C28H30N2O4. The number of benzene rings is 3. The van der Waals surface area contributed by atoms with E-state index in [2.05, 4.69) is 22.4 Å². The van der Waals surface area contributed by atoms with Crippen molar-refractivity contribution in [1.29, 1.82) is 0 Å². The third kappa shape index (κ3) is 5.77. The SMILES string of the molecule is COCCOc1ccc(CNC(=O)CCc2c(-c3ccc(OC)cc3)[nH]c3ccccc23)cc1. The van der Waals surface area contributed by atoms with E-state index in [1.807, 2.05) is 60.7 Å². The second kappa shape index (κ2) is 11.4. The maximum absolute atomic E-state index is 12.6. The Morgan fingerprint density at radius 3 is 2.35 bits per heavy atom. The molecular weight excluding hydrogens is 428 g/mol. The van der Waals surface area contributed by atoms with Gasteiger partial charge in [-0.15, -0.1) is 0 Å². The number of fused-ring (bicyclic) bond motifs is 1. The van der Waals surface area contributed by atoms with Crippen LogP contribution in [0, 0.1) is 0 Å². The lowest BCUT2D eigenvalue weighted by molar-refractivity contribution is -0.121. The minimum Gasteiger partial charge on any atom is -0.497 e. The minimum atomic E-state index is 0.0198. The van der Waals surface area contributed by atoms with E-state index in [0.29, 0.717) is 32.6 Å². The molecule has 0 atom stereocenters. The van der Waals surface area contributed by atoms with Crippen LogP contribution in [0.1, 0.15) is 17.5 Å². The summed E-state index contributed by atoms with van der Waals surface area (Å²) in [6.45, 7) is 1.55. The number of methoxy groups -OCH3 is 2. The van der Waals surface area contributed by atoms with Crippen LogP contribution < -0.4 is 14.8 Å². The van der Waals surface area contributed by atoms with Gasteiger partial charge in [0.15, 0.2) is 0 Å². The maximum Gasteiger partial charge on any atom is 0.220 e. The van der Waals surface area contributed by atoms with Crippen LogP contribution in [0.5, 0.6) is 11.5 Å². The summed E-state index contributed by atoms with van der Waals surface area (Å²) in [5, 5.41) is 4.17. The van der Waals surface area contributed by atoms with Gasteiger partial charge in [0, 0.05) is 36.7 Å². The van der Waals surface area contributed by atoms with Gasteiger partial charge in [-0.25, -0.2) is 0 Å². The number of aryl methyl sites for hydroxylation is 1. The summed E-state index contributed by atoms with van der Waals surface area (Å²) >= 11 is 0. The molecule has 4 aromatic rings. The monoisotopic (exact) mass is 458 g/mol. The molecule has 1 heterocycles. The van der Waals surface area contributed by atoms with E-state index in [9.17, 15) is 4.79 Å². The van der Waals surface area contributed by atoms with E-state index in [1.54, 1.807) is 14.2 Å². The number of H-pyrrole nitrogens is 1. The number of nitrogens with one attached hydrogen (secondary N) is 2. The Labute approximate surface area is 199 Å². The highest BCUT2D eigenvalue weighted by Gasteiger charge is 2.14. The second-order valence-electron chi connectivity index (χ2n) is 8.01. The number of rotatable bonds is 11. The van der Waals surface area contributed by atoms with Crippen molar-refractivity contribution in [2.75, 3.05) is 27.4 Å². The van der Waals surface area contributed by atoms with Crippen molar-refractivity contribution in [2.24, 2.45) is 0 Å². The van der Waals surface area contributed by atoms with Crippen LogP contribution in [0.3, 0.4) is 0 Å². The summed E-state index contributed by atoms with van der Waals surface area (Å²) < 4.78 is 15.9. The smallest absolute Gasteiger partial charge is 0.220 e. The number of hydrogen-bond donors (Lipinski definition) is 2. The van der Waals surface area contributed by atoms with Gasteiger partial charge in [0.1, 0.15) is 18.1 Å². The fourth-order valence-electron chi connectivity index (χ4n) is 3.94. The van der Waals surface area contributed by atoms with Crippen molar-refractivity contribution in [2.45, 2.75) is 19.4 Å². The van der Waals surface area contributed by atoms with E-state index in [0.717, 1.165) is 44.8 Å². The highest BCUT2D eigenvalue weighted by molar-refractivity contribution is 5.91. The first-order valence-electron chi connectivity index (χ1n) is 11.4. The zero-order valence-electron chi connectivity index (χ0n) is 19.6. The second-order valence-corrected chi connectivity index (χ2v) is 8.01. The number of carbonyl (C=O) groups is 1. The fourth-order valence-corrected chi connectivity index (χ4v) is 3.94. The standard InChI is InChI=1S/C28H30N2O4/c1-32-17-18-34-23-11-7-20(8-12-23)19-29-27(31)16-15-25-24-5-3-4-6-26(24)30-28(25)21-9-13-22(33-2)14-10-21/h3-14,30H,15-19H2,1-2H3,(H,29,31). The van der Waals surface area contributed by atoms with Crippen molar-refractivity contribution in [3.63, 3.8) is 0 Å². The molecule has 3 aromatic carbocycles. The highest BCUT2D eigenvalue weighted by Crippen LogP contribution is 2.32. The number of carbonyl (C=O) groups excluding carboxylic acids is 1. The average molecular weight is 459 g/mol. The largest absolute Gasteiger partial charge is 0.497 e. The first kappa shape index (κ1) is 23.4. The van der Waals surface area contributed by atoms with Gasteiger partial charge in [0.05, 0.1) is 13.7 Å². The Morgan fingerprint density at radius 1 is 0.882 bits per heavy atom. The van der Waals surface area contributed by atoms with Gasteiger partial charge < -0.3 is 24.5 Å². The van der Waals surface area contributed by atoms with E-state index >= 15 is 0 Å². The summed E-state index contributed by atoms with van der Waals surface area (Å²) in [6.07, 6.45) is 1.05. The van der Waals surface area contributed by atoms with Crippen molar-refractivity contribution in [3.8, 4) is 22.8 Å². The molecule has 1 amide bonds. The molecule has 6 nitrogen and oxygen atoms in total. The first-order valence-corrected chi connectivity index (χ1v) is 11.4. The molecule has 4 rings (SSSR count). The van der Waals surface area contributed by atoms with Gasteiger partial charge in [-0.2, -0.15) is 0 Å². The summed E-state index contributed by atoms with van der Waals surface area (Å²) in [6, 6.07) is 23.9. The molecule has 176 valence electrons. The van der Waals surface area contributed by atoms with Crippen molar-refractivity contribution in [3.05, 3.63) is 83.9 Å². The van der Waals surface area contributed by atoms with Gasteiger partial charge >= 0.3 is 0 Å². The van der Waals surface area contributed by atoms with Crippen LogP contribution in [0.2, 0.25) is 0 Å². The van der Waals surface area contributed by atoms with E-state index in [1.165, 1.54) is 0 Å².